The molecule has 6 atom stereocenters. The lowest BCUT2D eigenvalue weighted by Gasteiger charge is -2.51. The number of amides is 4. The molecule has 2 aliphatic carbocycles. The zero-order valence-corrected chi connectivity index (χ0v) is 22.9. The molecule has 5 aliphatic rings. The Labute approximate surface area is 239 Å². The van der Waals surface area contributed by atoms with E-state index in [1.54, 1.807) is 12.1 Å². The number of alkyl halides is 2. The Morgan fingerprint density at radius 3 is 2.60 bits per heavy atom. The van der Waals surface area contributed by atoms with Gasteiger partial charge in [0.25, 0.3) is 11.8 Å². The lowest BCUT2D eigenvalue weighted by atomic mass is 9.56. The van der Waals surface area contributed by atoms with Crippen LogP contribution in [-0.2, 0) is 30.4 Å². The van der Waals surface area contributed by atoms with E-state index in [4.69, 9.17) is 33.0 Å². The molecule has 10 nitrogen and oxygen atoms in total. The third kappa shape index (κ3) is 3.51. The molecule has 0 aromatic heterocycles. The van der Waals surface area contributed by atoms with Crippen LogP contribution in [0.2, 0.25) is 0 Å². The molecular formula is C28H26Cl2N2O8. The second kappa shape index (κ2) is 9.07. The number of nitrogens with zero attached hydrogens (tertiary/aromatic N) is 2. The fraction of sp³-hybridized carbons (Fsp3) is 0.464. The van der Waals surface area contributed by atoms with Gasteiger partial charge in [-0.15, -0.1) is 23.2 Å². The number of phenols is 1. The summed E-state index contributed by atoms with van der Waals surface area (Å²) in [6.45, 7) is -0.0205. The molecule has 1 aromatic rings. The quantitative estimate of drug-likeness (QED) is 0.304. The number of carbonyl (C=O) groups excluding carboxylic acids is 4. The molecule has 3 aliphatic heterocycles. The number of halogens is 2. The highest BCUT2D eigenvalue weighted by atomic mass is 35.5. The Morgan fingerprint density at radius 2 is 1.88 bits per heavy atom. The number of ether oxygens (including phenoxy) is 1. The van der Waals surface area contributed by atoms with Crippen LogP contribution in [0, 0.1) is 23.7 Å². The van der Waals surface area contributed by atoms with Crippen molar-refractivity contribution in [3.05, 3.63) is 47.2 Å². The Morgan fingerprint density at radius 1 is 1.12 bits per heavy atom. The number of likely N-dealkylation sites (tertiary alicyclic amines) is 2. The van der Waals surface area contributed by atoms with Crippen LogP contribution in [-0.4, -0.2) is 73.0 Å². The number of fused-ring (bicyclic) bond motifs is 5. The minimum absolute atomic E-state index is 0.0205. The number of rotatable bonds is 5. The molecule has 12 heteroatoms. The summed E-state index contributed by atoms with van der Waals surface area (Å²) in [4.78, 5) is 63.3. The fourth-order valence-electron chi connectivity index (χ4n) is 7.23. The van der Waals surface area contributed by atoms with Crippen LogP contribution in [0.4, 0.5) is 0 Å². The number of aromatic hydroxyl groups is 1. The highest BCUT2D eigenvalue weighted by molar-refractivity contribution is 6.53. The van der Waals surface area contributed by atoms with E-state index in [0.717, 1.165) is 9.80 Å². The largest absolute Gasteiger partial charge is 0.508 e. The minimum Gasteiger partial charge on any atom is -0.508 e. The Kier molecular flexibility index (Phi) is 6.09. The van der Waals surface area contributed by atoms with Gasteiger partial charge in [-0.05, 0) is 49.0 Å². The third-order valence-electron chi connectivity index (χ3n) is 9.02. The summed E-state index contributed by atoms with van der Waals surface area (Å²) in [5, 5.41) is 19.1. The lowest BCUT2D eigenvalue weighted by molar-refractivity contribution is -0.142. The zero-order valence-electron chi connectivity index (χ0n) is 21.4. The summed E-state index contributed by atoms with van der Waals surface area (Å²) in [6, 6.07) is 4.66. The van der Waals surface area contributed by atoms with Gasteiger partial charge in [-0.2, -0.15) is 0 Å². The highest BCUT2D eigenvalue weighted by Gasteiger charge is 2.76. The predicted molar refractivity (Wildman–Crippen MR) is 140 cm³/mol. The summed E-state index contributed by atoms with van der Waals surface area (Å²) in [5.41, 5.74) is 1.85. The minimum atomic E-state index is -1.91. The number of carbonyl (C=O) groups is 5. The van der Waals surface area contributed by atoms with Crippen molar-refractivity contribution in [2.75, 3.05) is 13.6 Å². The number of aliphatic carboxylic acids is 1. The standard InChI is InChI=1S/C28H26Cl2N2O8/c1-31-25(38)27(29)11-18-16(5-6-17-21(18)24(37)32(23(17)36)8-2-3-20(34)35)22(28(27,30)26(31)39)14-9-13-10-15(33)4-7-19(13)40-12-14/h4-5,7,10,12,17-18,21-22,33H,2-3,6,8-9,11H2,1H3,(H,34,35). The number of allylic oxidation sites excluding steroid dienone is 3. The SMILES string of the molecule is CN1C(=O)C2(Cl)CC3C(=CCC4C(=O)N(CCCC(=O)O)C(=O)C43)C(C3=COc4ccc(O)cc4C3)C2(Cl)C1=O. The van der Waals surface area contributed by atoms with E-state index < -0.39 is 57.1 Å². The van der Waals surface area contributed by atoms with E-state index in [1.165, 1.54) is 19.4 Å². The van der Waals surface area contributed by atoms with Crippen molar-refractivity contribution < 1.29 is 38.9 Å². The van der Waals surface area contributed by atoms with Gasteiger partial charge >= 0.3 is 5.97 Å². The van der Waals surface area contributed by atoms with Gasteiger partial charge in [0, 0.05) is 37.9 Å². The zero-order chi connectivity index (χ0) is 28.7. The van der Waals surface area contributed by atoms with E-state index in [1.807, 2.05) is 6.08 Å². The third-order valence-corrected chi connectivity index (χ3v) is 10.4. The number of hydrogen-bond acceptors (Lipinski definition) is 7. The van der Waals surface area contributed by atoms with Crippen LogP contribution in [0.15, 0.2) is 41.7 Å². The Balaban J connectivity index is 1.43. The Hall–Kier alpha value is -3.37. The van der Waals surface area contributed by atoms with Gasteiger partial charge in [-0.1, -0.05) is 11.6 Å². The van der Waals surface area contributed by atoms with Gasteiger partial charge in [-0.25, -0.2) is 0 Å². The van der Waals surface area contributed by atoms with Crippen LogP contribution in [0.1, 0.15) is 31.2 Å². The van der Waals surface area contributed by atoms with Crippen LogP contribution < -0.4 is 4.74 Å². The van der Waals surface area contributed by atoms with Gasteiger partial charge in [0.05, 0.1) is 18.1 Å². The van der Waals surface area contributed by atoms with Gasteiger partial charge in [0.15, 0.2) is 9.75 Å². The maximum atomic E-state index is 13.7. The number of imide groups is 2. The van der Waals surface area contributed by atoms with Crippen molar-refractivity contribution in [3.8, 4) is 11.5 Å². The molecule has 0 spiro atoms. The number of carboxylic acid groups (broad SMARTS) is 1. The summed E-state index contributed by atoms with van der Waals surface area (Å²) >= 11 is 14.3. The maximum absolute atomic E-state index is 13.7. The molecule has 0 bridgehead atoms. The van der Waals surface area contributed by atoms with Crippen LogP contribution in [0.5, 0.6) is 11.5 Å². The molecule has 1 saturated carbocycles. The first-order chi connectivity index (χ1) is 18.9. The maximum Gasteiger partial charge on any atom is 0.303 e. The van der Waals surface area contributed by atoms with Crippen molar-refractivity contribution in [1.82, 2.24) is 9.80 Å². The molecule has 0 radical (unpaired) electrons. The first-order valence-corrected chi connectivity index (χ1v) is 13.8. The number of phenolic OH excluding ortho intramolecular Hbond substituents is 1. The second-order valence-corrected chi connectivity index (χ2v) is 12.3. The van der Waals surface area contributed by atoms with Crippen LogP contribution in [0.25, 0.3) is 0 Å². The van der Waals surface area contributed by atoms with Gasteiger partial charge in [0.2, 0.25) is 11.8 Å². The molecule has 4 amide bonds. The van der Waals surface area contributed by atoms with Crippen molar-refractivity contribution in [3.63, 3.8) is 0 Å². The topological polar surface area (TPSA) is 142 Å². The molecule has 6 rings (SSSR count). The fourth-order valence-corrected chi connectivity index (χ4v) is 8.26. The average Bonchev–Trinajstić information content (AvgIpc) is 3.23. The second-order valence-electron chi connectivity index (χ2n) is 11.1. The Bertz CT molecular complexity index is 1460. The van der Waals surface area contributed by atoms with Crippen molar-refractivity contribution in [2.24, 2.45) is 23.7 Å². The van der Waals surface area contributed by atoms with E-state index in [-0.39, 0.29) is 50.3 Å². The van der Waals surface area contributed by atoms with Crippen LogP contribution in [0.3, 0.4) is 0 Å². The first-order valence-electron chi connectivity index (χ1n) is 13.0. The molecule has 3 heterocycles. The lowest BCUT2D eigenvalue weighted by Crippen LogP contribution is -2.61. The summed E-state index contributed by atoms with van der Waals surface area (Å²) in [6.07, 6.45) is 3.60. The van der Waals surface area contributed by atoms with E-state index in [0.29, 0.717) is 22.5 Å². The van der Waals surface area contributed by atoms with E-state index in [2.05, 4.69) is 0 Å². The van der Waals surface area contributed by atoms with E-state index in [9.17, 15) is 29.1 Å². The van der Waals surface area contributed by atoms with Gasteiger partial charge < -0.3 is 14.9 Å². The average molecular weight is 589 g/mol. The molecule has 40 heavy (non-hydrogen) atoms. The first kappa shape index (κ1) is 26.8. The number of carboxylic acids is 1. The molecular weight excluding hydrogens is 563 g/mol. The molecule has 1 aromatic carbocycles. The van der Waals surface area contributed by atoms with E-state index >= 15 is 0 Å². The number of hydrogen-bond donors (Lipinski definition) is 2. The molecule has 3 fully saturated rings. The molecule has 210 valence electrons. The molecule has 2 saturated heterocycles. The predicted octanol–water partition coefficient (Wildman–Crippen LogP) is 2.60. The van der Waals surface area contributed by atoms with Crippen molar-refractivity contribution in [1.29, 1.82) is 0 Å². The van der Waals surface area contributed by atoms with Gasteiger partial charge in [0.1, 0.15) is 11.5 Å². The smallest absolute Gasteiger partial charge is 0.303 e. The van der Waals surface area contributed by atoms with Gasteiger partial charge in [-0.3, -0.25) is 33.8 Å². The molecule has 6 unspecified atom stereocenters. The number of benzene rings is 1. The van der Waals surface area contributed by atoms with Crippen molar-refractivity contribution >= 4 is 52.8 Å². The molecule has 2 N–H and O–H groups in total. The monoisotopic (exact) mass is 588 g/mol. The van der Waals surface area contributed by atoms with Crippen LogP contribution >= 0.6 is 23.2 Å². The highest BCUT2D eigenvalue weighted by Crippen LogP contribution is 2.64. The normalized spacial score (nSPS) is 34.5. The summed E-state index contributed by atoms with van der Waals surface area (Å²) in [5.74, 6) is -5.73. The van der Waals surface area contributed by atoms with Crippen molar-refractivity contribution in [2.45, 2.75) is 41.9 Å². The summed E-state index contributed by atoms with van der Waals surface area (Å²) < 4.78 is 5.86. The summed E-state index contributed by atoms with van der Waals surface area (Å²) in [7, 11) is 1.32.